The lowest BCUT2D eigenvalue weighted by atomic mass is 9.93. The molecular formula is C24H27N5O3. The van der Waals surface area contributed by atoms with E-state index in [1.807, 2.05) is 18.2 Å². The van der Waals surface area contributed by atoms with E-state index in [1.54, 1.807) is 18.2 Å². The molecule has 1 amide bonds. The van der Waals surface area contributed by atoms with Crippen LogP contribution in [-0.4, -0.2) is 47.6 Å². The molecule has 2 aliphatic rings. The van der Waals surface area contributed by atoms with E-state index < -0.39 is 0 Å². The molecule has 1 aromatic heterocycles. The standard InChI is InChI=1S/C24H27N5O3/c25-15-17-1-5-20(6-2-17)32-21-7-3-19(4-8-21)26-24(31)22-9-10-23(28-27-22)29-13-11-18(16-30)12-14-29/h1-2,5-6,9-10,16,18-19,21H,3-4,7-8,11-14H2,(H,26,31)/t19-,21-. The van der Waals surface area contributed by atoms with Gasteiger partial charge in [-0.3, -0.25) is 4.79 Å². The predicted molar refractivity (Wildman–Crippen MR) is 118 cm³/mol. The molecule has 1 aliphatic heterocycles. The monoisotopic (exact) mass is 433 g/mol. The van der Waals surface area contributed by atoms with Crippen LogP contribution in [0.15, 0.2) is 36.4 Å². The van der Waals surface area contributed by atoms with E-state index in [1.165, 1.54) is 0 Å². The second kappa shape index (κ2) is 10.2. The van der Waals surface area contributed by atoms with Gasteiger partial charge in [-0.15, -0.1) is 10.2 Å². The van der Waals surface area contributed by atoms with Gasteiger partial charge in [0.2, 0.25) is 0 Å². The van der Waals surface area contributed by atoms with Crippen molar-refractivity contribution >= 4 is 18.0 Å². The average molecular weight is 434 g/mol. The Labute approximate surface area is 187 Å². The number of nitrogens with zero attached hydrogens (tertiary/aromatic N) is 4. The second-order valence-corrected chi connectivity index (χ2v) is 8.44. The maximum atomic E-state index is 12.6. The van der Waals surface area contributed by atoms with Crippen molar-refractivity contribution in [3.8, 4) is 11.8 Å². The van der Waals surface area contributed by atoms with Crippen LogP contribution in [-0.2, 0) is 4.79 Å². The number of piperidine rings is 1. The highest BCUT2D eigenvalue weighted by Gasteiger charge is 2.25. The van der Waals surface area contributed by atoms with Crippen LogP contribution >= 0.6 is 0 Å². The summed E-state index contributed by atoms with van der Waals surface area (Å²) in [4.78, 5) is 25.6. The normalized spacial score (nSPS) is 21.4. The quantitative estimate of drug-likeness (QED) is 0.698. The molecule has 2 aromatic rings. The number of hydrogen-bond donors (Lipinski definition) is 1. The van der Waals surface area contributed by atoms with E-state index in [-0.39, 0.29) is 24.0 Å². The van der Waals surface area contributed by atoms with E-state index in [0.717, 1.165) is 69.5 Å². The van der Waals surface area contributed by atoms with Crippen molar-refractivity contribution in [1.29, 1.82) is 5.26 Å². The van der Waals surface area contributed by atoms with E-state index in [4.69, 9.17) is 10.00 Å². The molecule has 1 aliphatic carbocycles. The van der Waals surface area contributed by atoms with Crippen LogP contribution < -0.4 is 15.0 Å². The minimum Gasteiger partial charge on any atom is -0.490 e. The second-order valence-electron chi connectivity index (χ2n) is 8.44. The van der Waals surface area contributed by atoms with Crippen molar-refractivity contribution in [2.24, 2.45) is 5.92 Å². The fourth-order valence-corrected chi connectivity index (χ4v) is 4.26. The Morgan fingerprint density at radius 1 is 1.03 bits per heavy atom. The van der Waals surface area contributed by atoms with E-state index in [2.05, 4.69) is 26.5 Å². The van der Waals surface area contributed by atoms with E-state index >= 15 is 0 Å². The Bertz CT molecular complexity index is 955. The van der Waals surface area contributed by atoms with Gasteiger partial charge >= 0.3 is 0 Å². The van der Waals surface area contributed by atoms with Crippen LogP contribution in [0.2, 0.25) is 0 Å². The highest BCUT2D eigenvalue weighted by atomic mass is 16.5. The SMILES string of the molecule is N#Cc1ccc(O[C@H]2CC[C@H](NC(=O)c3ccc(N4CCC(C=O)CC4)nn3)CC2)cc1. The van der Waals surface area contributed by atoms with Gasteiger partial charge in [-0.1, -0.05) is 0 Å². The molecule has 1 saturated carbocycles. The number of ether oxygens (including phenoxy) is 1. The summed E-state index contributed by atoms with van der Waals surface area (Å²) >= 11 is 0. The molecule has 0 bridgehead atoms. The van der Waals surface area contributed by atoms with Gasteiger partial charge in [0.05, 0.1) is 17.7 Å². The van der Waals surface area contributed by atoms with E-state index in [9.17, 15) is 9.59 Å². The number of anilines is 1. The average Bonchev–Trinajstić information content (AvgIpc) is 2.86. The van der Waals surface area contributed by atoms with Crippen molar-refractivity contribution in [2.45, 2.75) is 50.7 Å². The number of benzene rings is 1. The van der Waals surface area contributed by atoms with Crippen LogP contribution in [0, 0.1) is 17.2 Å². The van der Waals surface area contributed by atoms with Gasteiger partial charge in [0.1, 0.15) is 12.0 Å². The highest BCUT2D eigenvalue weighted by molar-refractivity contribution is 5.92. The van der Waals surface area contributed by atoms with Crippen molar-refractivity contribution < 1.29 is 14.3 Å². The molecule has 0 atom stereocenters. The molecule has 2 heterocycles. The smallest absolute Gasteiger partial charge is 0.272 e. The van der Waals surface area contributed by atoms with Gasteiger partial charge in [0.25, 0.3) is 5.91 Å². The van der Waals surface area contributed by atoms with Gasteiger partial charge in [-0.05, 0) is 74.9 Å². The Morgan fingerprint density at radius 2 is 1.75 bits per heavy atom. The van der Waals surface area contributed by atoms with Crippen molar-refractivity contribution in [1.82, 2.24) is 15.5 Å². The number of aldehydes is 1. The van der Waals surface area contributed by atoms with Gasteiger partial charge in [-0.25, -0.2) is 0 Å². The minimum atomic E-state index is -0.208. The Balaban J connectivity index is 1.23. The molecule has 0 unspecified atom stereocenters. The number of aromatic nitrogens is 2. The van der Waals surface area contributed by atoms with Crippen LogP contribution in [0.4, 0.5) is 5.82 Å². The molecule has 32 heavy (non-hydrogen) atoms. The predicted octanol–water partition coefficient (Wildman–Crippen LogP) is 2.88. The fraction of sp³-hybridized carbons (Fsp3) is 0.458. The van der Waals surface area contributed by atoms with E-state index in [0.29, 0.717) is 11.3 Å². The lowest BCUT2D eigenvalue weighted by molar-refractivity contribution is -0.111. The maximum absolute atomic E-state index is 12.6. The third-order valence-corrected chi connectivity index (χ3v) is 6.23. The van der Waals surface area contributed by atoms with Crippen LogP contribution in [0.5, 0.6) is 5.75 Å². The lowest BCUT2D eigenvalue weighted by Crippen LogP contribution is -2.40. The summed E-state index contributed by atoms with van der Waals surface area (Å²) in [5.74, 6) is 1.43. The summed E-state index contributed by atoms with van der Waals surface area (Å²) in [6, 6.07) is 12.9. The maximum Gasteiger partial charge on any atom is 0.272 e. The fourth-order valence-electron chi connectivity index (χ4n) is 4.26. The third-order valence-electron chi connectivity index (χ3n) is 6.23. The molecule has 8 nitrogen and oxygen atoms in total. The zero-order chi connectivity index (χ0) is 22.3. The van der Waals surface area contributed by atoms with Gasteiger partial charge in [0.15, 0.2) is 11.5 Å². The number of hydrogen-bond acceptors (Lipinski definition) is 7. The molecule has 2 fully saturated rings. The van der Waals surface area contributed by atoms with Gasteiger partial charge in [0, 0.05) is 25.0 Å². The number of nitrogens with one attached hydrogen (secondary N) is 1. The molecule has 1 saturated heterocycles. The van der Waals surface area contributed by atoms with Gasteiger partial charge in [-0.2, -0.15) is 5.26 Å². The molecule has 0 spiro atoms. The highest BCUT2D eigenvalue weighted by Crippen LogP contribution is 2.25. The molecule has 166 valence electrons. The minimum absolute atomic E-state index is 0.0900. The Morgan fingerprint density at radius 3 is 2.34 bits per heavy atom. The summed E-state index contributed by atoms with van der Waals surface area (Å²) in [7, 11) is 0. The molecule has 0 radical (unpaired) electrons. The van der Waals surface area contributed by atoms with Crippen molar-refractivity contribution in [2.75, 3.05) is 18.0 Å². The lowest BCUT2D eigenvalue weighted by Gasteiger charge is -2.30. The molecule has 8 heteroatoms. The topological polar surface area (TPSA) is 108 Å². The van der Waals surface area contributed by atoms with Crippen LogP contribution in [0.25, 0.3) is 0 Å². The molecular weight excluding hydrogens is 406 g/mol. The van der Waals surface area contributed by atoms with Crippen molar-refractivity contribution in [3.05, 3.63) is 47.7 Å². The third kappa shape index (κ3) is 5.41. The molecule has 4 rings (SSSR count). The summed E-state index contributed by atoms with van der Waals surface area (Å²) in [6.07, 6.45) is 6.17. The summed E-state index contributed by atoms with van der Waals surface area (Å²) < 4.78 is 6.01. The first-order valence-electron chi connectivity index (χ1n) is 11.2. The first-order chi connectivity index (χ1) is 15.6. The largest absolute Gasteiger partial charge is 0.490 e. The van der Waals surface area contributed by atoms with Crippen molar-refractivity contribution in [3.63, 3.8) is 0 Å². The Hall–Kier alpha value is -3.47. The summed E-state index contributed by atoms with van der Waals surface area (Å²) in [5.41, 5.74) is 0.926. The Kier molecular flexibility index (Phi) is 6.95. The number of carbonyl (C=O) groups is 2. The zero-order valence-electron chi connectivity index (χ0n) is 17.9. The first-order valence-corrected chi connectivity index (χ1v) is 11.2. The number of carbonyl (C=O) groups excluding carboxylic acids is 2. The first kappa shape index (κ1) is 21.8. The number of amides is 1. The molecule has 1 N–H and O–H groups in total. The zero-order valence-corrected chi connectivity index (χ0v) is 17.9. The number of rotatable bonds is 6. The summed E-state index contributed by atoms with van der Waals surface area (Å²) in [6.45, 7) is 1.55. The van der Waals surface area contributed by atoms with Gasteiger partial charge < -0.3 is 19.7 Å². The van der Waals surface area contributed by atoms with Crippen LogP contribution in [0.3, 0.4) is 0 Å². The van der Waals surface area contributed by atoms with Crippen LogP contribution in [0.1, 0.15) is 54.6 Å². The number of nitriles is 1. The molecule has 1 aromatic carbocycles. The summed E-state index contributed by atoms with van der Waals surface area (Å²) in [5, 5.41) is 20.3.